The molecule has 0 aliphatic carbocycles. The Balaban J connectivity index is 2.85. The highest BCUT2D eigenvalue weighted by Crippen LogP contribution is 2.26. The number of hydrogen-bond acceptors (Lipinski definition) is 2. The summed E-state index contributed by atoms with van der Waals surface area (Å²) < 4.78 is 0. The molecule has 0 saturated carbocycles. The Labute approximate surface area is 97.3 Å². The van der Waals surface area contributed by atoms with E-state index in [1.54, 1.807) is 6.92 Å². The molecule has 88 valence electrons. The highest BCUT2D eigenvalue weighted by atomic mass is 16.3. The second-order valence-electron chi connectivity index (χ2n) is 4.36. The average molecular weight is 220 g/mol. The maximum absolute atomic E-state index is 11.5. The molecule has 0 amide bonds. The molecule has 0 aromatic heterocycles. The summed E-state index contributed by atoms with van der Waals surface area (Å²) in [5.41, 5.74) is 1.99. The molecule has 2 atom stereocenters. The first-order valence-corrected chi connectivity index (χ1v) is 5.81. The van der Waals surface area contributed by atoms with Crippen LogP contribution >= 0.6 is 0 Å². The van der Waals surface area contributed by atoms with E-state index in [1.165, 1.54) is 0 Å². The number of carbonyl (C=O) groups is 1. The van der Waals surface area contributed by atoms with E-state index in [-0.39, 0.29) is 11.7 Å². The first-order valence-electron chi connectivity index (χ1n) is 5.81. The molecule has 2 nitrogen and oxygen atoms in total. The zero-order chi connectivity index (χ0) is 12.1. The summed E-state index contributed by atoms with van der Waals surface area (Å²) in [5, 5.41) is 10.2. The molecule has 1 aromatic rings. The molecule has 2 heteroatoms. The van der Waals surface area contributed by atoms with Gasteiger partial charge in [-0.3, -0.25) is 4.79 Å². The zero-order valence-corrected chi connectivity index (χ0v) is 10.2. The van der Waals surface area contributed by atoms with Crippen molar-refractivity contribution < 1.29 is 9.90 Å². The largest absolute Gasteiger partial charge is 0.388 e. The van der Waals surface area contributed by atoms with E-state index in [0.29, 0.717) is 0 Å². The van der Waals surface area contributed by atoms with Gasteiger partial charge < -0.3 is 5.11 Å². The van der Waals surface area contributed by atoms with Crippen LogP contribution in [0.4, 0.5) is 0 Å². The third-order valence-electron chi connectivity index (χ3n) is 2.92. The van der Waals surface area contributed by atoms with Gasteiger partial charge in [-0.2, -0.15) is 0 Å². The molecule has 1 N–H and O–H groups in total. The van der Waals surface area contributed by atoms with E-state index in [9.17, 15) is 9.90 Å². The van der Waals surface area contributed by atoms with Crippen molar-refractivity contribution in [1.82, 2.24) is 0 Å². The highest BCUT2D eigenvalue weighted by molar-refractivity contribution is 5.79. The summed E-state index contributed by atoms with van der Waals surface area (Å²) in [6.45, 7) is 5.58. The van der Waals surface area contributed by atoms with Crippen molar-refractivity contribution in [2.45, 2.75) is 39.7 Å². The summed E-state index contributed by atoms with van der Waals surface area (Å²) in [6.07, 6.45) is 0.982. The Morgan fingerprint density at radius 3 is 2.31 bits per heavy atom. The molecule has 0 radical (unpaired) electrons. The molecule has 1 aromatic carbocycles. The van der Waals surface area contributed by atoms with Crippen LogP contribution in [0.2, 0.25) is 0 Å². The first-order chi connectivity index (χ1) is 7.56. The van der Waals surface area contributed by atoms with Crippen molar-refractivity contribution in [3.8, 4) is 0 Å². The highest BCUT2D eigenvalue weighted by Gasteiger charge is 2.23. The van der Waals surface area contributed by atoms with Crippen LogP contribution in [0.15, 0.2) is 24.3 Å². The number of aryl methyl sites for hydroxylation is 1. The van der Waals surface area contributed by atoms with Crippen LogP contribution in [0, 0.1) is 12.8 Å². The maximum Gasteiger partial charge on any atom is 0.135 e. The van der Waals surface area contributed by atoms with E-state index < -0.39 is 6.10 Å². The summed E-state index contributed by atoms with van der Waals surface area (Å²) in [6, 6.07) is 7.71. The molecule has 16 heavy (non-hydrogen) atoms. The lowest BCUT2D eigenvalue weighted by atomic mass is 9.89. The van der Waals surface area contributed by atoms with Crippen molar-refractivity contribution in [2.75, 3.05) is 0 Å². The zero-order valence-electron chi connectivity index (χ0n) is 10.2. The minimum absolute atomic E-state index is 0.0647. The Bertz CT molecular complexity index is 340. The number of rotatable bonds is 5. The lowest BCUT2D eigenvalue weighted by Gasteiger charge is -2.20. The Morgan fingerprint density at radius 2 is 1.88 bits per heavy atom. The summed E-state index contributed by atoms with van der Waals surface area (Å²) >= 11 is 0. The minimum Gasteiger partial charge on any atom is -0.388 e. The number of Topliss-reactive ketones (excluding diaryl/α,β-unsaturated/α-hetero) is 1. The van der Waals surface area contributed by atoms with Gasteiger partial charge in [0.05, 0.1) is 6.10 Å². The van der Waals surface area contributed by atoms with Crippen LogP contribution in [-0.2, 0) is 4.79 Å². The van der Waals surface area contributed by atoms with Crippen molar-refractivity contribution in [3.63, 3.8) is 0 Å². The van der Waals surface area contributed by atoms with Gasteiger partial charge in [-0.1, -0.05) is 43.2 Å². The average Bonchev–Trinajstić information content (AvgIpc) is 2.25. The number of carbonyl (C=O) groups excluding carboxylic acids is 1. The standard InChI is InChI=1S/C14H20O2/c1-4-5-13(11(3)15)14(16)12-8-6-10(2)7-9-12/h6-9,13-14,16H,4-5H2,1-3H3/t13-,14-/m1/s1. The number of aliphatic hydroxyl groups is 1. The normalized spacial score (nSPS) is 14.5. The monoisotopic (exact) mass is 220 g/mol. The van der Waals surface area contributed by atoms with Crippen LogP contribution in [0.1, 0.15) is 43.9 Å². The van der Waals surface area contributed by atoms with Crippen molar-refractivity contribution in [3.05, 3.63) is 35.4 Å². The van der Waals surface area contributed by atoms with Gasteiger partial charge in [-0.25, -0.2) is 0 Å². The van der Waals surface area contributed by atoms with E-state index in [1.807, 2.05) is 38.1 Å². The van der Waals surface area contributed by atoms with Gasteiger partial charge in [0.15, 0.2) is 0 Å². The molecular formula is C14H20O2. The van der Waals surface area contributed by atoms with Crippen molar-refractivity contribution >= 4 is 5.78 Å². The SMILES string of the molecule is CCC[C@H](C(C)=O)[C@H](O)c1ccc(C)cc1. The van der Waals surface area contributed by atoms with Crippen LogP contribution < -0.4 is 0 Å². The summed E-state index contributed by atoms with van der Waals surface area (Å²) in [7, 11) is 0. The van der Waals surface area contributed by atoms with Gasteiger partial charge in [0.25, 0.3) is 0 Å². The van der Waals surface area contributed by atoms with Gasteiger partial charge in [-0.15, -0.1) is 0 Å². The molecule has 1 rings (SSSR count). The number of ketones is 1. The fraction of sp³-hybridized carbons (Fsp3) is 0.500. The predicted molar refractivity (Wildman–Crippen MR) is 65.2 cm³/mol. The second-order valence-corrected chi connectivity index (χ2v) is 4.36. The smallest absolute Gasteiger partial charge is 0.135 e. The van der Waals surface area contributed by atoms with Gasteiger partial charge in [0.2, 0.25) is 0 Å². The number of benzene rings is 1. The van der Waals surface area contributed by atoms with Crippen molar-refractivity contribution in [1.29, 1.82) is 0 Å². The molecule has 0 bridgehead atoms. The van der Waals surface area contributed by atoms with E-state index in [2.05, 4.69) is 0 Å². The van der Waals surface area contributed by atoms with Gasteiger partial charge in [-0.05, 0) is 25.8 Å². The molecule has 0 aliphatic rings. The predicted octanol–water partition coefficient (Wildman–Crippen LogP) is 3.03. The number of aliphatic hydroxyl groups excluding tert-OH is 1. The fourth-order valence-corrected chi connectivity index (χ4v) is 1.89. The van der Waals surface area contributed by atoms with Gasteiger partial charge in [0, 0.05) is 5.92 Å². The topological polar surface area (TPSA) is 37.3 Å². The molecule has 0 saturated heterocycles. The third-order valence-corrected chi connectivity index (χ3v) is 2.92. The van der Waals surface area contributed by atoms with Crippen LogP contribution in [0.25, 0.3) is 0 Å². The Morgan fingerprint density at radius 1 is 1.31 bits per heavy atom. The van der Waals surface area contributed by atoms with E-state index >= 15 is 0 Å². The molecule has 0 heterocycles. The molecule has 0 fully saturated rings. The third kappa shape index (κ3) is 3.17. The lowest BCUT2D eigenvalue weighted by Crippen LogP contribution is -2.20. The van der Waals surface area contributed by atoms with Crippen LogP contribution in [0.3, 0.4) is 0 Å². The molecule has 0 unspecified atom stereocenters. The lowest BCUT2D eigenvalue weighted by molar-refractivity contribution is -0.124. The number of hydrogen-bond donors (Lipinski definition) is 1. The molecular weight excluding hydrogens is 200 g/mol. The van der Waals surface area contributed by atoms with Crippen molar-refractivity contribution in [2.24, 2.45) is 5.92 Å². The molecule has 0 spiro atoms. The van der Waals surface area contributed by atoms with E-state index in [0.717, 1.165) is 24.0 Å². The summed E-state index contributed by atoms with van der Waals surface area (Å²) in [5.74, 6) is -0.206. The Kier molecular flexibility index (Phi) is 4.69. The summed E-state index contributed by atoms with van der Waals surface area (Å²) in [4.78, 5) is 11.5. The maximum atomic E-state index is 11.5. The first kappa shape index (κ1) is 12.9. The fourth-order valence-electron chi connectivity index (χ4n) is 1.89. The van der Waals surface area contributed by atoms with E-state index in [4.69, 9.17) is 0 Å². The quantitative estimate of drug-likeness (QED) is 0.828. The second kappa shape index (κ2) is 5.80. The minimum atomic E-state index is -0.668. The van der Waals surface area contributed by atoms with Gasteiger partial charge in [0.1, 0.15) is 5.78 Å². The van der Waals surface area contributed by atoms with Crippen LogP contribution in [-0.4, -0.2) is 10.9 Å². The molecule has 0 aliphatic heterocycles. The Hall–Kier alpha value is -1.15. The van der Waals surface area contributed by atoms with Crippen LogP contribution in [0.5, 0.6) is 0 Å². The van der Waals surface area contributed by atoms with Gasteiger partial charge >= 0.3 is 0 Å².